The maximum Gasteiger partial charge on any atom is 0.254 e. The van der Waals surface area contributed by atoms with Gasteiger partial charge in [0.1, 0.15) is 6.54 Å². The van der Waals surface area contributed by atoms with Gasteiger partial charge in [0, 0.05) is 17.1 Å². The Morgan fingerprint density at radius 3 is 2.74 bits per heavy atom. The summed E-state index contributed by atoms with van der Waals surface area (Å²) in [4.78, 5) is 31.1. The molecule has 0 fully saturated rings. The molecule has 0 atom stereocenters. The van der Waals surface area contributed by atoms with E-state index in [9.17, 15) is 9.59 Å². The third-order valence-corrected chi connectivity index (χ3v) is 5.24. The zero-order valence-electron chi connectivity index (χ0n) is 14.5. The van der Waals surface area contributed by atoms with E-state index < -0.39 is 0 Å². The standard InChI is InChI=1S/C19H17Cl2N3O2S/c1-2-7-24(10-18(25)23-15-6-4-13(20)9-14(15)21)19(26)12-3-5-16-17(8-12)27-11-22-16/h3-6,8-9,11H,2,7,10H2,1H3,(H,23,25). The van der Waals surface area contributed by atoms with Crippen LogP contribution in [0.3, 0.4) is 0 Å². The molecule has 0 spiro atoms. The lowest BCUT2D eigenvalue weighted by Crippen LogP contribution is -2.38. The molecule has 0 aliphatic carbocycles. The number of aromatic nitrogens is 1. The fourth-order valence-corrected chi connectivity index (χ4v) is 3.82. The Bertz CT molecular complexity index is 990. The molecule has 5 nitrogen and oxygen atoms in total. The van der Waals surface area contributed by atoms with Crippen molar-refractivity contribution in [3.63, 3.8) is 0 Å². The molecule has 0 aliphatic heterocycles. The summed E-state index contributed by atoms with van der Waals surface area (Å²) < 4.78 is 0.940. The normalized spacial score (nSPS) is 10.8. The quantitative estimate of drug-likeness (QED) is 0.602. The molecule has 140 valence electrons. The van der Waals surface area contributed by atoms with Crippen LogP contribution in [0.5, 0.6) is 0 Å². The number of hydrogen-bond acceptors (Lipinski definition) is 4. The third-order valence-electron chi connectivity index (χ3n) is 3.90. The van der Waals surface area contributed by atoms with Gasteiger partial charge in [0.15, 0.2) is 0 Å². The number of amides is 2. The van der Waals surface area contributed by atoms with Crippen molar-refractivity contribution in [2.45, 2.75) is 13.3 Å². The highest BCUT2D eigenvalue weighted by molar-refractivity contribution is 7.16. The lowest BCUT2D eigenvalue weighted by atomic mass is 10.2. The number of rotatable bonds is 6. The summed E-state index contributed by atoms with van der Waals surface area (Å²) in [6, 6.07) is 10.2. The van der Waals surface area contributed by atoms with Crippen molar-refractivity contribution in [2.24, 2.45) is 0 Å². The number of carbonyl (C=O) groups excluding carboxylic acids is 2. The highest BCUT2D eigenvalue weighted by Gasteiger charge is 2.19. The number of nitrogens with one attached hydrogen (secondary N) is 1. The molecular weight excluding hydrogens is 405 g/mol. The van der Waals surface area contributed by atoms with E-state index in [4.69, 9.17) is 23.2 Å². The molecule has 1 heterocycles. The average Bonchev–Trinajstić information content (AvgIpc) is 3.11. The first kappa shape index (κ1) is 19.6. The van der Waals surface area contributed by atoms with Crippen LogP contribution in [0.2, 0.25) is 10.0 Å². The number of fused-ring (bicyclic) bond motifs is 1. The maximum absolute atomic E-state index is 12.9. The largest absolute Gasteiger partial charge is 0.329 e. The van der Waals surface area contributed by atoms with Crippen molar-refractivity contribution in [2.75, 3.05) is 18.4 Å². The van der Waals surface area contributed by atoms with Crippen LogP contribution < -0.4 is 5.32 Å². The van der Waals surface area contributed by atoms with Gasteiger partial charge >= 0.3 is 0 Å². The van der Waals surface area contributed by atoms with Crippen LogP contribution in [0, 0.1) is 0 Å². The van der Waals surface area contributed by atoms with Crippen LogP contribution in [-0.2, 0) is 4.79 Å². The molecule has 2 aromatic carbocycles. The van der Waals surface area contributed by atoms with Crippen molar-refractivity contribution < 1.29 is 9.59 Å². The Morgan fingerprint density at radius 2 is 2.00 bits per heavy atom. The van der Waals surface area contributed by atoms with Gasteiger partial charge in [-0.2, -0.15) is 0 Å². The number of thiazole rings is 1. The molecule has 0 saturated heterocycles. The fraction of sp³-hybridized carbons (Fsp3) is 0.211. The van der Waals surface area contributed by atoms with E-state index in [1.165, 1.54) is 16.2 Å². The third kappa shape index (κ3) is 4.77. The molecule has 3 aromatic rings. The van der Waals surface area contributed by atoms with Gasteiger partial charge < -0.3 is 10.2 Å². The van der Waals surface area contributed by atoms with Gasteiger partial charge in [0.2, 0.25) is 5.91 Å². The minimum absolute atomic E-state index is 0.0631. The van der Waals surface area contributed by atoms with E-state index in [0.29, 0.717) is 27.8 Å². The van der Waals surface area contributed by atoms with E-state index in [2.05, 4.69) is 10.3 Å². The molecule has 27 heavy (non-hydrogen) atoms. The highest BCUT2D eigenvalue weighted by Crippen LogP contribution is 2.25. The van der Waals surface area contributed by atoms with Crippen molar-refractivity contribution >= 4 is 62.3 Å². The van der Waals surface area contributed by atoms with Crippen LogP contribution in [-0.4, -0.2) is 34.8 Å². The maximum atomic E-state index is 12.9. The molecule has 0 bridgehead atoms. The van der Waals surface area contributed by atoms with Crippen molar-refractivity contribution in [3.05, 3.63) is 57.5 Å². The summed E-state index contributed by atoms with van der Waals surface area (Å²) in [5.41, 5.74) is 3.60. The van der Waals surface area contributed by atoms with Gasteiger partial charge in [-0.25, -0.2) is 4.98 Å². The summed E-state index contributed by atoms with van der Waals surface area (Å²) in [6.07, 6.45) is 0.740. The summed E-state index contributed by atoms with van der Waals surface area (Å²) >= 11 is 13.4. The van der Waals surface area contributed by atoms with Crippen molar-refractivity contribution in [1.29, 1.82) is 0 Å². The Hall–Kier alpha value is -2.15. The van der Waals surface area contributed by atoms with Gasteiger partial charge in [-0.3, -0.25) is 9.59 Å². The fourth-order valence-electron chi connectivity index (χ4n) is 2.65. The number of halogens is 2. The lowest BCUT2D eigenvalue weighted by molar-refractivity contribution is -0.116. The first-order valence-electron chi connectivity index (χ1n) is 8.35. The predicted molar refractivity (Wildman–Crippen MR) is 111 cm³/mol. The van der Waals surface area contributed by atoms with E-state index in [-0.39, 0.29) is 18.4 Å². The molecule has 2 amide bonds. The molecule has 0 saturated carbocycles. The minimum Gasteiger partial charge on any atom is -0.329 e. The first-order chi connectivity index (χ1) is 13.0. The average molecular weight is 422 g/mol. The zero-order valence-corrected chi connectivity index (χ0v) is 16.9. The first-order valence-corrected chi connectivity index (χ1v) is 9.99. The van der Waals surface area contributed by atoms with Gasteiger partial charge in [-0.05, 0) is 42.8 Å². The van der Waals surface area contributed by atoms with Crippen molar-refractivity contribution in [1.82, 2.24) is 9.88 Å². The Kier molecular flexibility index (Phi) is 6.31. The van der Waals surface area contributed by atoms with Crippen LogP contribution >= 0.6 is 34.5 Å². The summed E-state index contributed by atoms with van der Waals surface area (Å²) in [5.74, 6) is -0.510. The molecule has 8 heteroatoms. The molecule has 0 radical (unpaired) electrons. The molecular formula is C19H17Cl2N3O2S. The smallest absolute Gasteiger partial charge is 0.254 e. The number of benzene rings is 2. The zero-order chi connectivity index (χ0) is 19.4. The van der Waals surface area contributed by atoms with E-state index in [1.54, 1.807) is 29.8 Å². The SMILES string of the molecule is CCCN(CC(=O)Nc1ccc(Cl)cc1Cl)C(=O)c1ccc2ncsc2c1. The van der Waals surface area contributed by atoms with Gasteiger partial charge in [-0.1, -0.05) is 30.1 Å². The highest BCUT2D eigenvalue weighted by atomic mass is 35.5. The van der Waals surface area contributed by atoms with Crippen LogP contribution in [0.4, 0.5) is 5.69 Å². The van der Waals surface area contributed by atoms with E-state index in [1.807, 2.05) is 19.1 Å². The molecule has 0 unspecified atom stereocenters. The summed E-state index contributed by atoms with van der Waals surface area (Å²) in [5, 5.41) is 3.56. The number of nitrogens with zero attached hydrogens (tertiary/aromatic N) is 2. The molecule has 3 rings (SSSR count). The monoisotopic (exact) mass is 421 g/mol. The van der Waals surface area contributed by atoms with Gasteiger partial charge in [0.05, 0.1) is 26.4 Å². The summed E-state index contributed by atoms with van der Waals surface area (Å²) in [7, 11) is 0. The van der Waals surface area contributed by atoms with Crippen molar-refractivity contribution in [3.8, 4) is 0 Å². The van der Waals surface area contributed by atoms with Gasteiger partial charge in [-0.15, -0.1) is 11.3 Å². The van der Waals surface area contributed by atoms with E-state index >= 15 is 0 Å². The predicted octanol–water partition coefficient (Wildman–Crippen LogP) is 5.09. The second-order valence-electron chi connectivity index (χ2n) is 5.93. The minimum atomic E-state index is -0.320. The Morgan fingerprint density at radius 1 is 1.19 bits per heavy atom. The van der Waals surface area contributed by atoms with Crippen LogP contribution in [0.25, 0.3) is 10.2 Å². The Labute approximate surface area is 170 Å². The molecule has 1 N–H and O–H groups in total. The van der Waals surface area contributed by atoms with E-state index in [0.717, 1.165) is 16.6 Å². The van der Waals surface area contributed by atoms with Crippen LogP contribution in [0.1, 0.15) is 23.7 Å². The lowest BCUT2D eigenvalue weighted by Gasteiger charge is -2.22. The second-order valence-corrected chi connectivity index (χ2v) is 7.66. The second kappa shape index (κ2) is 8.69. The Balaban J connectivity index is 1.73. The number of anilines is 1. The molecule has 1 aromatic heterocycles. The topological polar surface area (TPSA) is 62.3 Å². The number of hydrogen-bond donors (Lipinski definition) is 1. The summed E-state index contributed by atoms with van der Waals surface area (Å²) in [6.45, 7) is 2.37. The molecule has 0 aliphatic rings. The van der Waals surface area contributed by atoms with Gasteiger partial charge in [0.25, 0.3) is 5.91 Å². The van der Waals surface area contributed by atoms with Crippen LogP contribution in [0.15, 0.2) is 41.9 Å². The number of carbonyl (C=O) groups is 2.